The number of rotatable bonds is 6. The molecule has 0 aliphatic carbocycles. The molecule has 3 aliphatic rings. The molecule has 2 unspecified atom stereocenters. The maximum absolute atomic E-state index is 13.5. The molecule has 6 nitrogen and oxygen atoms in total. The van der Waals surface area contributed by atoms with E-state index in [0.29, 0.717) is 5.92 Å². The maximum Gasteiger partial charge on any atom is 0.245 e. The van der Waals surface area contributed by atoms with Crippen molar-refractivity contribution in [3.8, 4) is 0 Å². The SMILES string of the molecule is CC(C)[C@H](NC(=O)[C@@H]1CCCN1)C(=O)N1CCC2CCN(Cc3ccccc3)CC21. The summed E-state index contributed by atoms with van der Waals surface area (Å²) in [4.78, 5) is 30.8. The second-order valence-electron chi connectivity index (χ2n) is 9.54. The van der Waals surface area contributed by atoms with Crippen LogP contribution < -0.4 is 10.6 Å². The Balaban J connectivity index is 1.41. The molecule has 2 N–H and O–H groups in total. The molecular weight excluding hydrogens is 376 g/mol. The van der Waals surface area contributed by atoms with Crippen LogP contribution in [0.2, 0.25) is 0 Å². The fourth-order valence-electron chi connectivity index (χ4n) is 5.32. The van der Waals surface area contributed by atoms with Crippen LogP contribution in [0.4, 0.5) is 0 Å². The number of likely N-dealkylation sites (tertiary alicyclic amines) is 2. The fraction of sp³-hybridized carbons (Fsp3) is 0.667. The number of amides is 2. The van der Waals surface area contributed by atoms with Crippen LogP contribution in [0.5, 0.6) is 0 Å². The Morgan fingerprint density at radius 1 is 1.13 bits per heavy atom. The highest BCUT2D eigenvalue weighted by atomic mass is 16.2. The Bertz CT molecular complexity index is 732. The first kappa shape index (κ1) is 21.3. The summed E-state index contributed by atoms with van der Waals surface area (Å²) in [5, 5.41) is 6.32. The molecule has 3 heterocycles. The van der Waals surface area contributed by atoms with Crippen molar-refractivity contribution < 1.29 is 9.59 Å². The number of carbonyl (C=O) groups excluding carboxylic acids is 2. The Morgan fingerprint density at radius 3 is 2.60 bits per heavy atom. The third kappa shape index (κ3) is 4.70. The lowest BCUT2D eigenvalue weighted by Crippen LogP contribution is -2.57. The molecule has 1 aromatic carbocycles. The zero-order valence-corrected chi connectivity index (χ0v) is 18.3. The predicted octanol–water partition coefficient (Wildman–Crippen LogP) is 2.00. The van der Waals surface area contributed by atoms with Gasteiger partial charge in [-0.25, -0.2) is 0 Å². The van der Waals surface area contributed by atoms with Crippen LogP contribution in [0, 0.1) is 11.8 Å². The van der Waals surface area contributed by atoms with Gasteiger partial charge < -0.3 is 15.5 Å². The summed E-state index contributed by atoms with van der Waals surface area (Å²) in [6.45, 7) is 8.70. The minimum Gasteiger partial charge on any atom is -0.343 e. The molecule has 6 heteroatoms. The average molecular weight is 413 g/mol. The quantitative estimate of drug-likeness (QED) is 0.750. The number of carbonyl (C=O) groups is 2. The summed E-state index contributed by atoms with van der Waals surface area (Å²) < 4.78 is 0. The van der Waals surface area contributed by atoms with Crippen LogP contribution in [0.1, 0.15) is 45.1 Å². The van der Waals surface area contributed by atoms with Crippen LogP contribution >= 0.6 is 0 Å². The van der Waals surface area contributed by atoms with Crippen LogP contribution in [-0.4, -0.2) is 65.9 Å². The molecule has 0 radical (unpaired) electrons. The number of piperidine rings is 1. The van der Waals surface area contributed by atoms with E-state index in [1.54, 1.807) is 0 Å². The van der Waals surface area contributed by atoms with Gasteiger partial charge in [0.2, 0.25) is 11.8 Å². The van der Waals surface area contributed by atoms with Crippen LogP contribution in [0.3, 0.4) is 0 Å². The highest BCUT2D eigenvalue weighted by Gasteiger charge is 2.43. The number of nitrogens with zero attached hydrogens (tertiary/aromatic N) is 2. The van der Waals surface area contributed by atoms with Crippen molar-refractivity contribution in [3.63, 3.8) is 0 Å². The minimum absolute atomic E-state index is 0.0235. The predicted molar refractivity (Wildman–Crippen MR) is 118 cm³/mol. The van der Waals surface area contributed by atoms with Gasteiger partial charge in [-0.3, -0.25) is 14.5 Å². The van der Waals surface area contributed by atoms with E-state index in [0.717, 1.165) is 58.4 Å². The standard InChI is InChI=1S/C24H36N4O2/c1-17(2)22(26-23(29)20-9-6-12-25-20)24(30)28-14-11-19-10-13-27(16-21(19)28)15-18-7-4-3-5-8-18/h3-5,7-8,17,19-22,25H,6,9-16H2,1-2H3,(H,26,29)/t19?,20-,21?,22-/m0/s1. The zero-order valence-electron chi connectivity index (χ0n) is 18.3. The molecule has 2 amide bonds. The van der Waals surface area contributed by atoms with Crippen molar-refractivity contribution in [2.45, 2.75) is 64.2 Å². The van der Waals surface area contributed by atoms with Gasteiger partial charge in [0.1, 0.15) is 6.04 Å². The number of fused-ring (bicyclic) bond motifs is 1. The first-order chi connectivity index (χ1) is 14.5. The second-order valence-corrected chi connectivity index (χ2v) is 9.54. The Hall–Kier alpha value is -1.92. The van der Waals surface area contributed by atoms with Gasteiger partial charge in [0.25, 0.3) is 0 Å². The highest BCUT2D eigenvalue weighted by molar-refractivity contribution is 5.90. The molecule has 0 bridgehead atoms. The van der Waals surface area contributed by atoms with Crippen molar-refractivity contribution in [3.05, 3.63) is 35.9 Å². The number of benzene rings is 1. The van der Waals surface area contributed by atoms with Crippen LogP contribution in [-0.2, 0) is 16.1 Å². The summed E-state index contributed by atoms with van der Waals surface area (Å²) in [6.07, 6.45) is 4.10. The van der Waals surface area contributed by atoms with Crippen molar-refractivity contribution >= 4 is 11.8 Å². The van der Waals surface area contributed by atoms with E-state index >= 15 is 0 Å². The minimum atomic E-state index is -0.442. The maximum atomic E-state index is 13.5. The van der Waals surface area contributed by atoms with E-state index in [-0.39, 0.29) is 29.8 Å². The fourth-order valence-corrected chi connectivity index (χ4v) is 5.32. The van der Waals surface area contributed by atoms with E-state index in [1.165, 1.54) is 5.56 Å². The molecule has 3 saturated heterocycles. The number of nitrogens with one attached hydrogen (secondary N) is 2. The lowest BCUT2D eigenvalue weighted by Gasteiger charge is -2.40. The molecule has 0 aromatic heterocycles. The third-order valence-electron chi connectivity index (χ3n) is 7.09. The van der Waals surface area contributed by atoms with E-state index in [2.05, 4.69) is 50.8 Å². The molecule has 1 aromatic rings. The molecule has 3 fully saturated rings. The highest BCUT2D eigenvalue weighted by Crippen LogP contribution is 2.33. The van der Waals surface area contributed by atoms with Crippen molar-refractivity contribution in [2.24, 2.45) is 11.8 Å². The Kier molecular flexibility index (Phi) is 6.74. The number of hydrogen-bond acceptors (Lipinski definition) is 4. The molecule has 0 saturated carbocycles. The van der Waals surface area contributed by atoms with Gasteiger partial charge in [-0.05, 0) is 56.2 Å². The second kappa shape index (κ2) is 9.48. The van der Waals surface area contributed by atoms with Gasteiger partial charge in [0, 0.05) is 25.7 Å². The lowest BCUT2D eigenvalue weighted by atomic mass is 9.91. The topological polar surface area (TPSA) is 64.7 Å². The van der Waals surface area contributed by atoms with Gasteiger partial charge in [0.15, 0.2) is 0 Å². The van der Waals surface area contributed by atoms with Crippen molar-refractivity contribution in [1.29, 1.82) is 0 Å². The van der Waals surface area contributed by atoms with Crippen molar-refractivity contribution in [1.82, 2.24) is 20.4 Å². The van der Waals surface area contributed by atoms with Gasteiger partial charge in [-0.1, -0.05) is 44.2 Å². The molecule has 4 rings (SSSR count). The van der Waals surface area contributed by atoms with Gasteiger partial charge in [-0.15, -0.1) is 0 Å². The van der Waals surface area contributed by atoms with E-state index in [4.69, 9.17) is 0 Å². The lowest BCUT2D eigenvalue weighted by molar-refractivity contribution is -0.139. The van der Waals surface area contributed by atoms with Gasteiger partial charge in [-0.2, -0.15) is 0 Å². The van der Waals surface area contributed by atoms with Gasteiger partial charge in [0.05, 0.1) is 6.04 Å². The molecule has 30 heavy (non-hydrogen) atoms. The Morgan fingerprint density at radius 2 is 1.90 bits per heavy atom. The monoisotopic (exact) mass is 412 g/mol. The number of hydrogen-bond donors (Lipinski definition) is 2. The van der Waals surface area contributed by atoms with E-state index in [9.17, 15) is 9.59 Å². The molecule has 4 atom stereocenters. The normalized spacial score (nSPS) is 27.8. The van der Waals surface area contributed by atoms with E-state index in [1.807, 2.05) is 13.8 Å². The summed E-state index contributed by atoms with van der Waals surface area (Å²) in [5.74, 6) is 0.738. The average Bonchev–Trinajstić information content (AvgIpc) is 3.42. The van der Waals surface area contributed by atoms with E-state index < -0.39 is 6.04 Å². The third-order valence-corrected chi connectivity index (χ3v) is 7.09. The Labute approximate surface area is 180 Å². The molecule has 164 valence electrons. The summed E-state index contributed by atoms with van der Waals surface area (Å²) in [5.41, 5.74) is 1.32. The first-order valence-corrected chi connectivity index (χ1v) is 11.6. The summed E-state index contributed by atoms with van der Waals surface area (Å²) >= 11 is 0. The van der Waals surface area contributed by atoms with Crippen LogP contribution in [0.15, 0.2) is 30.3 Å². The van der Waals surface area contributed by atoms with Crippen LogP contribution in [0.25, 0.3) is 0 Å². The smallest absolute Gasteiger partial charge is 0.245 e. The largest absolute Gasteiger partial charge is 0.343 e. The summed E-state index contributed by atoms with van der Waals surface area (Å²) in [7, 11) is 0. The summed E-state index contributed by atoms with van der Waals surface area (Å²) in [6, 6.07) is 10.2. The molecule has 0 spiro atoms. The molecular formula is C24H36N4O2. The first-order valence-electron chi connectivity index (χ1n) is 11.6. The van der Waals surface area contributed by atoms with Gasteiger partial charge >= 0.3 is 0 Å². The van der Waals surface area contributed by atoms with Crippen molar-refractivity contribution in [2.75, 3.05) is 26.2 Å². The zero-order chi connectivity index (χ0) is 21.1. The molecule has 3 aliphatic heterocycles.